The molecule has 1 atom stereocenters. The Kier molecular flexibility index (Phi) is 6.45. The van der Waals surface area contributed by atoms with Crippen LogP contribution in [-0.2, 0) is 4.74 Å². The lowest BCUT2D eigenvalue weighted by Crippen LogP contribution is -2.32. The van der Waals surface area contributed by atoms with Gasteiger partial charge in [-0.1, -0.05) is 12.1 Å². The van der Waals surface area contributed by atoms with Crippen molar-refractivity contribution in [3.8, 4) is 0 Å². The van der Waals surface area contributed by atoms with Crippen LogP contribution < -0.4 is 5.32 Å². The Morgan fingerprint density at radius 2 is 2.19 bits per heavy atom. The molecule has 16 heavy (non-hydrogen) atoms. The second-order valence-electron chi connectivity index (χ2n) is 3.39. The maximum absolute atomic E-state index is 13.3. The number of rotatable bonds is 7. The van der Waals surface area contributed by atoms with Crippen LogP contribution in [0.1, 0.15) is 6.92 Å². The highest BCUT2D eigenvalue weighted by Crippen LogP contribution is 2.21. The zero-order chi connectivity index (χ0) is 11.8. The number of benzene rings is 1. The first-order valence-electron chi connectivity index (χ1n) is 5.40. The summed E-state index contributed by atoms with van der Waals surface area (Å²) in [6.45, 7) is 3.34. The van der Waals surface area contributed by atoms with Crippen LogP contribution in [0.4, 0.5) is 4.39 Å². The summed E-state index contributed by atoms with van der Waals surface area (Å²) in [7, 11) is 1.89. The van der Waals surface area contributed by atoms with Gasteiger partial charge in [0.2, 0.25) is 0 Å². The van der Waals surface area contributed by atoms with Crippen LogP contribution in [-0.4, -0.2) is 32.1 Å². The lowest BCUT2D eigenvalue weighted by molar-refractivity contribution is 0.131. The molecule has 0 saturated carbocycles. The molecule has 1 rings (SSSR count). The number of hydrogen-bond acceptors (Lipinski definition) is 3. The molecule has 0 bridgehead atoms. The standard InChI is InChI=1S/C12H18FNOS/c1-3-15-8-10(14-2)9-16-12-7-5-4-6-11(12)13/h4-7,10,14H,3,8-9H2,1-2H3. The first kappa shape index (κ1) is 13.5. The summed E-state index contributed by atoms with van der Waals surface area (Å²) in [6.07, 6.45) is 0. The topological polar surface area (TPSA) is 21.3 Å². The molecule has 1 aromatic rings. The Morgan fingerprint density at radius 3 is 2.81 bits per heavy atom. The quantitative estimate of drug-likeness (QED) is 0.744. The Hall–Kier alpha value is -0.580. The van der Waals surface area contributed by atoms with Crippen LogP contribution >= 0.6 is 11.8 Å². The third-order valence-electron chi connectivity index (χ3n) is 2.21. The van der Waals surface area contributed by atoms with E-state index in [1.54, 1.807) is 12.1 Å². The van der Waals surface area contributed by atoms with Gasteiger partial charge >= 0.3 is 0 Å². The molecule has 0 spiro atoms. The number of nitrogens with one attached hydrogen (secondary N) is 1. The first-order valence-corrected chi connectivity index (χ1v) is 6.38. The number of thioether (sulfide) groups is 1. The molecule has 1 unspecified atom stereocenters. The van der Waals surface area contributed by atoms with Gasteiger partial charge in [0.25, 0.3) is 0 Å². The molecule has 0 aromatic heterocycles. The summed E-state index contributed by atoms with van der Waals surface area (Å²) in [5.41, 5.74) is 0. The zero-order valence-corrected chi connectivity index (χ0v) is 10.5. The Morgan fingerprint density at radius 1 is 1.44 bits per heavy atom. The largest absolute Gasteiger partial charge is 0.380 e. The van der Waals surface area contributed by atoms with Crippen molar-refractivity contribution in [3.05, 3.63) is 30.1 Å². The molecule has 0 aliphatic heterocycles. The van der Waals surface area contributed by atoms with Gasteiger partial charge in [-0.2, -0.15) is 0 Å². The van der Waals surface area contributed by atoms with E-state index in [-0.39, 0.29) is 11.9 Å². The van der Waals surface area contributed by atoms with E-state index in [0.29, 0.717) is 18.1 Å². The van der Waals surface area contributed by atoms with Crippen molar-refractivity contribution >= 4 is 11.8 Å². The lowest BCUT2D eigenvalue weighted by Gasteiger charge is -2.15. The van der Waals surface area contributed by atoms with E-state index in [0.717, 1.165) is 5.75 Å². The van der Waals surface area contributed by atoms with Crippen LogP contribution in [0.3, 0.4) is 0 Å². The van der Waals surface area contributed by atoms with Crippen molar-refractivity contribution in [3.63, 3.8) is 0 Å². The SMILES string of the molecule is CCOCC(CSc1ccccc1F)NC. The summed E-state index contributed by atoms with van der Waals surface area (Å²) in [5, 5.41) is 3.16. The van der Waals surface area contributed by atoms with Crippen molar-refractivity contribution in [1.82, 2.24) is 5.32 Å². The van der Waals surface area contributed by atoms with Crippen molar-refractivity contribution in [1.29, 1.82) is 0 Å². The molecule has 90 valence electrons. The van der Waals surface area contributed by atoms with Gasteiger partial charge in [0.1, 0.15) is 5.82 Å². The van der Waals surface area contributed by atoms with Gasteiger partial charge in [-0.05, 0) is 26.1 Å². The predicted octanol–water partition coefficient (Wildman–Crippen LogP) is 2.54. The fourth-order valence-corrected chi connectivity index (χ4v) is 2.25. The summed E-state index contributed by atoms with van der Waals surface area (Å²) in [5.74, 6) is 0.649. The van der Waals surface area contributed by atoms with E-state index < -0.39 is 0 Å². The van der Waals surface area contributed by atoms with Crippen LogP contribution in [0.2, 0.25) is 0 Å². The van der Waals surface area contributed by atoms with Gasteiger partial charge in [-0.15, -0.1) is 11.8 Å². The lowest BCUT2D eigenvalue weighted by atomic mass is 10.3. The Balaban J connectivity index is 2.40. The highest BCUT2D eigenvalue weighted by Gasteiger charge is 2.08. The molecule has 0 aliphatic rings. The summed E-state index contributed by atoms with van der Waals surface area (Å²) < 4.78 is 18.7. The van der Waals surface area contributed by atoms with E-state index in [1.807, 2.05) is 20.0 Å². The molecule has 0 fully saturated rings. The molecule has 0 amide bonds. The predicted molar refractivity (Wildman–Crippen MR) is 66.5 cm³/mol. The number of halogens is 1. The number of hydrogen-bond donors (Lipinski definition) is 1. The summed E-state index contributed by atoms with van der Waals surface area (Å²) >= 11 is 1.51. The Labute approximate surface area is 101 Å². The van der Waals surface area contributed by atoms with Gasteiger partial charge in [0.15, 0.2) is 0 Å². The van der Waals surface area contributed by atoms with Crippen LogP contribution in [0, 0.1) is 5.82 Å². The fourth-order valence-electron chi connectivity index (χ4n) is 1.23. The van der Waals surface area contributed by atoms with Crippen LogP contribution in [0.15, 0.2) is 29.2 Å². The van der Waals surface area contributed by atoms with Gasteiger partial charge < -0.3 is 10.1 Å². The van der Waals surface area contributed by atoms with Crippen molar-refractivity contribution in [2.75, 3.05) is 26.0 Å². The van der Waals surface area contributed by atoms with Crippen molar-refractivity contribution in [2.45, 2.75) is 17.9 Å². The number of ether oxygens (including phenoxy) is 1. The molecular formula is C12H18FNOS. The minimum Gasteiger partial charge on any atom is -0.380 e. The van der Waals surface area contributed by atoms with Gasteiger partial charge in [-0.25, -0.2) is 4.39 Å². The highest BCUT2D eigenvalue weighted by molar-refractivity contribution is 7.99. The Bertz CT molecular complexity index is 309. The maximum Gasteiger partial charge on any atom is 0.136 e. The average Bonchev–Trinajstić information content (AvgIpc) is 2.31. The molecule has 0 heterocycles. The van der Waals surface area contributed by atoms with Crippen LogP contribution in [0.25, 0.3) is 0 Å². The van der Waals surface area contributed by atoms with Gasteiger partial charge in [0.05, 0.1) is 6.61 Å². The van der Waals surface area contributed by atoms with E-state index in [4.69, 9.17) is 4.74 Å². The first-order chi connectivity index (χ1) is 7.77. The molecule has 0 aliphatic carbocycles. The zero-order valence-electron chi connectivity index (χ0n) is 9.70. The molecule has 1 aromatic carbocycles. The number of likely N-dealkylation sites (N-methyl/N-ethyl adjacent to an activating group) is 1. The molecule has 0 radical (unpaired) electrons. The van der Waals surface area contributed by atoms with Gasteiger partial charge in [-0.3, -0.25) is 0 Å². The van der Waals surface area contributed by atoms with E-state index in [9.17, 15) is 4.39 Å². The smallest absolute Gasteiger partial charge is 0.136 e. The third-order valence-corrected chi connectivity index (χ3v) is 3.42. The third kappa shape index (κ3) is 4.51. The maximum atomic E-state index is 13.3. The minimum absolute atomic E-state index is 0.154. The summed E-state index contributed by atoms with van der Waals surface area (Å²) in [4.78, 5) is 0.694. The van der Waals surface area contributed by atoms with E-state index in [2.05, 4.69) is 5.32 Å². The van der Waals surface area contributed by atoms with Crippen LogP contribution in [0.5, 0.6) is 0 Å². The monoisotopic (exact) mass is 243 g/mol. The summed E-state index contributed by atoms with van der Waals surface area (Å²) in [6, 6.07) is 7.09. The second-order valence-corrected chi connectivity index (χ2v) is 4.45. The van der Waals surface area contributed by atoms with Crippen molar-refractivity contribution in [2.24, 2.45) is 0 Å². The fraction of sp³-hybridized carbons (Fsp3) is 0.500. The van der Waals surface area contributed by atoms with Gasteiger partial charge in [0, 0.05) is 23.3 Å². The van der Waals surface area contributed by atoms with Crippen molar-refractivity contribution < 1.29 is 9.13 Å². The molecule has 4 heteroatoms. The molecule has 0 saturated heterocycles. The average molecular weight is 243 g/mol. The second kappa shape index (κ2) is 7.65. The van der Waals surface area contributed by atoms with E-state index in [1.165, 1.54) is 17.8 Å². The molecule has 1 N–H and O–H groups in total. The van der Waals surface area contributed by atoms with E-state index >= 15 is 0 Å². The molecular weight excluding hydrogens is 225 g/mol. The minimum atomic E-state index is -0.154. The highest BCUT2D eigenvalue weighted by atomic mass is 32.2. The normalized spacial score (nSPS) is 12.7. The molecule has 2 nitrogen and oxygen atoms in total.